The highest BCUT2D eigenvalue weighted by Crippen LogP contribution is 1.75. The van der Waals surface area contributed by atoms with Gasteiger partial charge in [0.2, 0.25) is 0 Å². The van der Waals surface area contributed by atoms with Gasteiger partial charge in [0.1, 0.15) is 0 Å². The van der Waals surface area contributed by atoms with Crippen LogP contribution in [0, 0.1) is 0 Å². The van der Waals surface area contributed by atoms with E-state index in [0.29, 0.717) is 26.4 Å². The Labute approximate surface area is 92.4 Å². The third kappa shape index (κ3) is 22.4. The van der Waals surface area contributed by atoms with Crippen molar-refractivity contribution >= 4 is 37.2 Å². The average Bonchev–Trinajstić information content (AvgIpc) is 1.89. The maximum atomic E-state index is 5.06. The van der Waals surface area contributed by atoms with Crippen LogP contribution >= 0.6 is 37.2 Å². The second-order valence-corrected chi connectivity index (χ2v) is 1.60. The summed E-state index contributed by atoms with van der Waals surface area (Å²) in [7, 11) is 3.30. The van der Waals surface area contributed by atoms with Gasteiger partial charge in [0, 0.05) is 14.2 Å². The Balaban J connectivity index is -0.000000107. The monoisotopic (exact) mass is 242 g/mol. The number of rotatable bonds is 6. The molecule has 0 fully saturated rings. The first-order valence-electron chi connectivity index (χ1n) is 2.97. The summed E-state index contributed by atoms with van der Waals surface area (Å²) >= 11 is 0. The van der Waals surface area contributed by atoms with Crippen molar-refractivity contribution in [2.75, 3.05) is 40.6 Å². The lowest BCUT2D eigenvalue weighted by molar-refractivity contribution is 0.0385. The molecule has 0 atom stereocenters. The molecule has 0 rings (SSSR count). The zero-order valence-electron chi connectivity index (χ0n) is 7.28. The predicted octanol–water partition coefficient (Wildman–Crippen LogP) is 1.56. The molecule has 80 valence electrons. The molecule has 0 spiro atoms. The molecule has 0 amide bonds. The van der Waals surface area contributed by atoms with E-state index in [1.807, 2.05) is 0 Å². The molecule has 0 heterocycles. The minimum Gasteiger partial charge on any atom is -0.382 e. The molecule has 0 aromatic carbocycles. The first kappa shape index (κ1) is 23.0. The van der Waals surface area contributed by atoms with Gasteiger partial charge < -0.3 is 14.2 Å². The van der Waals surface area contributed by atoms with Crippen LogP contribution in [0.1, 0.15) is 0 Å². The van der Waals surface area contributed by atoms with Gasteiger partial charge >= 0.3 is 0 Å². The normalized spacial score (nSPS) is 7.50. The number of hydrogen-bond donors (Lipinski definition) is 0. The van der Waals surface area contributed by atoms with Gasteiger partial charge in [0.25, 0.3) is 0 Å². The first-order chi connectivity index (χ1) is 4.41. The Morgan fingerprint density at radius 1 is 0.667 bits per heavy atom. The first-order valence-corrected chi connectivity index (χ1v) is 2.97. The second kappa shape index (κ2) is 22.6. The minimum atomic E-state index is 0. The molecule has 0 aliphatic carbocycles. The zero-order valence-corrected chi connectivity index (χ0v) is 9.73. The van der Waals surface area contributed by atoms with Gasteiger partial charge in [-0.05, 0) is 0 Å². The molecule has 6 heteroatoms. The SMILES string of the molecule is COCCOCCOC.Cl.Cl.Cl. The molecule has 0 radical (unpaired) electrons. The zero-order chi connectivity index (χ0) is 6.95. The van der Waals surface area contributed by atoms with Crippen molar-refractivity contribution in [2.45, 2.75) is 0 Å². The van der Waals surface area contributed by atoms with Gasteiger partial charge in [-0.3, -0.25) is 0 Å². The van der Waals surface area contributed by atoms with Crippen LogP contribution in [-0.2, 0) is 14.2 Å². The molecule has 0 aliphatic rings. The number of halogens is 3. The van der Waals surface area contributed by atoms with Crippen molar-refractivity contribution in [1.29, 1.82) is 0 Å². The van der Waals surface area contributed by atoms with Crippen LogP contribution in [-0.4, -0.2) is 40.6 Å². The van der Waals surface area contributed by atoms with Crippen LogP contribution in [0.25, 0.3) is 0 Å². The van der Waals surface area contributed by atoms with Gasteiger partial charge in [0.15, 0.2) is 0 Å². The molecular formula is C6H17Cl3O3. The molecule has 0 aromatic rings. The van der Waals surface area contributed by atoms with E-state index in [0.717, 1.165) is 0 Å². The molecule has 0 saturated heterocycles. The fourth-order valence-corrected chi connectivity index (χ4v) is 0.387. The van der Waals surface area contributed by atoms with E-state index in [1.54, 1.807) is 14.2 Å². The fourth-order valence-electron chi connectivity index (χ4n) is 0.387. The van der Waals surface area contributed by atoms with E-state index >= 15 is 0 Å². The summed E-state index contributed by atoms with van der Waals surface area (Å²) in [4.78, 5) is 0. The van der Waals surface area contributed by atoms with Crippen molar-refractivity contribution in [2.24, 2.45) is 0 Å². The maximum Gasteiger partial charge on any atom is 0.0701 e. The topological polar surface area (TPSA) is 27.7 Å². The molecule has 0 unspecified atom stereocenters. The van der Waals surface area contributed by atoms with Gasteiger partial charge in [-0.1, -0.05) is 0 Å². The van der Waals surface area contributed by atoms with E-state index in [4.69, 9.17) is 14.2 Å². The summed E-state index contributed by atoms with van der Waals surface area (Å²) in [5, 5.41) is 0. The van der Waals surface area contributed by atoms with E-state index in [9.17, 15) is 0 Å². The molecule has 0 bridgehead atoms. The summed E-state index contributed by atoms with van der Waals surface area (Å²) in [6.45, 7) is 2.62. The van der Waals surface area contributed by atoms with Crippen LogP contribution in [0.15, 0.2) is 0 Å². The van der Waals surface area contributed by atoms with Crippen molar-refractivity contribution in [1.82, 2.24) is 0 Å². The van der Waals surface area contributed by atoms with Crippen molar-refractivity contribution in [3.8, 4) is 0 Å². The van der Waals surface area contributed by atoms with Crippen LogP contribution < -0.4 is 0 Å². The lowest BCUT2D eigenvalue weighted by Crippen LogP contribution is -2.06. The van der Waals surface area contributed by atoms with Crippen LogP contribution in [0.4, 0.5) is 0 Å². The van der Waals surface area contributed by atoms with Crippen LogP contribution in [0.5, 0.6) is 0 Å². The highest BCUT2D eigenvalue weighted by Gasteiger charge is 1.84. The maximum absolute atomic E-state index is 5.06. The van der Waals surface area contributed by atoms with Gasteiger partial charge in [-0.2, -0.15) is 0 Å². The highest BCUT2D eigenvalue weighted by atomic mass is 35.5. The molecule has 0 saturated carbocycles. The quantitative estimate of drug-likeness (QED) is 0.663. The van der Waals surface area contributed by atoms with E-state index < -0.39 is 0 Å². The standard InChI is InChI=1S/C6H14O3.3ClH/c1-7-3-5-9-6-4-8-2;;;/h3-6H2,1-2H3;3*1H. The summed E-state index contributed by atoms with van der Waals surface area (Å²) in [6.07, 6.45) is 0. The largest absolute Gasteiger partial charge is 0.382 e. The molecule has 0 N–H and O–H groups in total. The fraction of sp³-hybridized carbons (Fsp3) is 1.00. The lowest BCUT2D eigenvalue weighted by Gasteiger charge is -2.00. The predicted molar refractivity (Wildman–Crippen MR) is 56.3 cm³/mol. The smallest absolute Gasteiger partial charge is 0.0701 e. The molecule has 0 aliphatic heterocycles. The van der Waals surface area contributed by atoms with Gasteiger partial charge in [0.05, 0.1) is 26.4 Å². The molecule has 3 nitrogen and oxygen atoms in total. The van der Waals surface area contributed by atoms with Crippen LogP contribution in [0.3, 0.4) is 0 Å². The van der Waals surface area contributed by atoms with Gasteiger partial charge in [-0.15, -0.1) is 37.2 Å². The summed E-state index contributed by atoms with van der Waals surface area (Å²) < 4.78 is 14.6. The minimum absolute atomic E-state index is 0. The van der Waals surface area contributed by atoms with E-state index in [1.165, 1.54) is 0 Å². The summed E-state index contributed by atoms with van der Waals surface area (Å²) in [6, 6.07) is 0. The Bertz CT molecular complexity index is 51.3. The third-order valence-electron chi connectivity index (χ3n) is 0.864. The summed E-state index contributed by atoms with van der Waals surface area (Å²) in [5.41, 5.74) is 0. The van der Waals surface area contributed by atoms with Crippen molar-refractivity contribution in [3.63, 3.8) is 0 Å². The Morgan fingerprint density at radius 2 is 1.00 bits per heavy atom. The molecule has 0 aromatic heterocycles. The van der Waals surface area contributed by atoms with E-state index in [-0.39, 0.29) is 37.2 Å². The van der Waals surface area contributed by atoms with Gasteiger partial charge in [-0.25, -0.2) is 0 Å². The Hall–Kier alpha value is 0.750. The summed E-state index contributed by atoms with van der Waals surface area (Å²) in [5.74, 6) is 0. The Kier molecular flexibility index (Phi) is 43.3. The highest BCUT2D eigenvalue weighted by molar-refractivity contribution is 5.86. The third-order valence-corrected chi connectivity index (χ3v) is 0.864. The molecular weight excluding hydrogens is 226 g/mol. The number of ether oxygens (including phenoxy) is 3. The van der Waals surface area contributed by atoms with Crippen LogP contribution in [0.2, 0.25) is 0 Å². The number of hydrogen-bond acceptors (Lipinski definition) is 3. The Morgan fingerprint density at radius 3 is 1.25 bits per heavy atom. The number of methoxy groups -OCH3 is 2. The molecule has 12 heavy (non-hydrogen) atoms. The van der Waals surface area contributed by atoms with Crippen molar-refractivity contribution < 1.29 is 14.2 Å². The van der Waals surface area contributed by atoms with Crippen molar-refractivity contribution in [3.05, 3.63) is 0 Å². The second-order valence-electron chi connectivity index (χ2n) is 1.60. The lowest BCUT2D eigenvalue weighted by atomic mass is 10.7. The average molecular weight is 244 g/mol. The van der Waals surface area contributed by atoms with E-state index in [2.05, 4.69) is 0 Å².